The highest BCUT2D eigenvalue weighted by molar-refractivity contribution is 5.83. The van der Waals surface area contributed by atoms with Gasteiger partial charge < -0.3 is 14.9 Å². The Hall–Kier alpha value is -1.10. The number of carbonyl (C=O) groups is 2. The molecule has 0 aromatic carbocycles. The minimum atomic E-state index is -0.935. The third kappa shape index (κ3) is 4.78. The van der Waals surface area contributed by atoms with Gasteiger partial charge >= 0.3 is 5.97 Å². The maximum Gasteiger partial charge on any atom is 0.323 e. The lowest BCUT2D eigenvalue weighted by Crippen LogP contribution is -2.45. The summed E-state index contributed by atoms with van der Waals surface area (Å²) in [5.41, 5.74) is 0. The highest BCUT2D eigenvalue weighted by Crippen LogP contribution is 2.21. The van der Waals surface area contributed by atoms with E-state index in [4.69, 9.17) is 5.11 Å². The summed E-state index contributed by atoms with van der Waals surface area (Å²) in [4.78, 5) is 27.3. The molecule has 0 aromatic heterocycles. The van der Waals surface area contributed by atoms with Crippen LogP contribution in [0.4, 0.5) is 0 Å². The van der Waals surface area contributed by atoms with E-state index in [1.165, 1.54) is 4.90 Å². The van der Waals surface area contributed by atoms with Crippen molar-refractivity contribution in [2.75, 3.05) is 26.2 Å². The van der Waals surface area contributed by atoms with Crippen molar-refractivity contribution < 1.29 is 14.7 Å². The van der Waals surface area contributed by atoms with Gasteiger partial charge in [-0.25, -0.2) is 0 Å². The quantitative estimate of drug-likeness (QED) is 0.772. The Morgan fingerprint density at radius 2 is 2.00 bits per heavy atom. The van der Waals surface area contributed by atoms with Crippen molar-refractivity contribution in [3.05, 3.63) is 0 Å². The summed E-state index contributed by atoms with van der Waals surface area (Å²) in [5.74, 6) is -0.376. The molecular formula is C15H28N2O3. The number of rotatable bonds is 7. The van der Waals surface area contributed by atoms with E-state index in [0.717, 1.165) is 32.5 Å². The van der Waals surface area contributed by atoms with Gasteiger partial charge in [0, 0.05) is 19.1 Å². The minimum Gasteiger partial charge on any atom is -0.480 e. The standard InChI is InChI=1S/C15H28N2O3/c1-5-12(4)17(10-14(18)19)15(20)13-6-7-16(9-13)8-11(2)3/h11-13H,5-10H2,1-4H3,(H,18,19)/t12-,13-/m1/s1. The van der Waals surface area contributed by atoms with E-state index < -0.39 is 5.97 Å². The van der Waals surface area contributed by atoms with E-state index >= 15 is 0 Å². The van der Waals surface area contributed by atoms with Gasteiger partial charge in [-0.05, 0) is 32.2 Å². The summed E-state index contributed by atoms with van der Waals surface area (Å²) < 4.78 is 0. The zero-order valence-corrected chi connectivity index (χ0v) is 13.1. The fourth-order valence-electron chi connectivity index (χ4n) is 2.77. The lowest BCUT2D eigenvalue weighted by molar-refractivity contribution is -0.148. The van der Waals surface area contributed by atoms with Crippen LogP contribution in [0.1, 0.15) is 40.5 Å². The molecule has 0 radical (unpaired) electrons. The summed E-state index contributed by atoms with van der Waals surface area (Å²) in [7, 11) is 0. The Morgan fingerprint density at radius 1 is 1.35 bits per heavy atom. The normalized spacial score (nSPS) is 21.1. The molecule has 0 bridgehead atoms. The molecule has 1 saturated heterocycles. The molecule has 1 fully saturated rings. The van der Waals surface area contributed by atoms with E-state index in [9.17, 15) is 9.59 Å². The zero-order valence-electron chi connectivity index (χ0n) is 13.1. The third-order valence-corrected chi connectivity index (χ3v) is 3.96. The van der Waals surface area contributed by atoms with E-state index in [2.05, 4.69) is 18.7 Å². The van der Waals surface area contributed by atoms with Crippen LogP contribution in [0.25, 0.3) is 0 Å². The summed E-state index contributed by atoms with van der Waals surface area (Å²) in [5, 5.41) is 8.99. The number of carbonyl (C=O) groups excluding carboxylic acids is 1. The molecule has 1 N–H and O–H groups in total. The van der Waals surface area contributed by atoms with Crippen molar-refractivity contribution in [2.24, 2.45) is 11.8 Å². The average molecular weight is 284 g/mol. The second kappa shape index (κ2) is 7.62. The van der Waals surface area contributed by atoms with Gasteiger partial charge in [0.15, 0.2) is 0 Å². The number of hydrogen-bond donors (Lipinski definition) is 1. The maximum atomic E-state index is 12.5. The Labute approximate surface area is 121 Å². The van der Waals surface area contributed by atoms with Gasteiger partial charge in [0.05, 0.1) is 5.92 Å². The van der Waals surface area contributed by atoms with Crippen LogP contribution in [-0.4, -0.2) is 59.0 Å². The summed E-state index contributed by atoms with van der Waals surface area (Å²) in [6.45, 7) is 10.8. The number of nitrogens with zero attached hydrogens (tertiary/aromatic N) is 2. The van der Waals surface area contributed by atoms with Gasteiger partial charge in [0.1, 0.15) is 6.54 Å². The van der Waals surface area contributed by atoms with E-state index in [1.54, 1.807) is 0 Å². The number of carboxylic acid groups (broad SMARTS) is 1. The Balaban J connectivity index is 2.64. The third-order valence-electron chi connectivity index (χ3n) is 3.96. The van der Waals surface area contributed by atoms with Gasteiger partial charge in [-0.2, -0.15) is 0 Å². The molecule has 0 aromatic rings. The topological polar surface area (TPSA) is 60.9 Å². The van der Waals surface area contributed by atoms with Crippen LogP contribution in [0.3, 0.4) is 0 Å². The molecule has 5 nitrogen and oxygen atoms in total. The van der Waals surface area contributed by atoms with Crippen molar-refractivity contribution >= 4 is 11.9 Å². The molecule has 0 aliphatic carbocycles. The van der Waals surface area contributed by atoms with Crippen molar-refractivity contribution in [1.82, 2.24) is 9.80 Å². The first-order valence-corrected chi connectivity index (χ1v) is 7.59. The first kappa shape index (κ1) is 17.0. The SMILES string of the molecule is CC[C@@H](C)N(CC(=O)O)C(=O)[C@@H]1CCN(CC(C)C)C1. The van der Waals surface area contributed by atoms with Crippen LogP contribution in [-0.2, 0) is 9.59 Å². The second-order valence-electron chi connectivity index (χ2n) is 6.26. The molecule has 1 rings (SSSR count). The average Bonchev–Trinajstić information content (AvgIpc) is 2.81. The smallest absolute Gasteiger partial charge is 0.323 e. The molecule has 1 aliphatic heterocycles. The Morgan fingerprint density at radius 3 is 2.50 bits per heavy atom. The highest BCUT2D eigenvalue weighted by atomic mass is 16.4. The molecule has 5 heteroatoms. The fraction of sp³-hybridized carbons (Fsp3) is 0.867. The van der Waals surface area contributed by atoms with Gasteiger partial charge in [-0.1, -0.05) is 20.8 Å². The Kier molecular flexibility index (Phi) is 6.46. The molecule has 2 atom stereocenters. The maximum absolute atomic E-state index is 12.5. The monoisotopic (exact) mass is 284 g/mol. The van der Waals surface area contributed by atoms with Crippen LogP contribution in [0.5, 0.6) is 0 Å². The summed E-state index contributed by atoms with van der Waals surface area (Å²) in [6.07, 6.45) is 1.62. The lowest BCUT2D eigenvalue weighted by Gasteiger charge is -2.29. The fourth-order valence-corrected chi connectivity index (χ4v) is 2.77. The largest absolute Gasteiger partial charge is 0.480 e. The van der Waals surface area contributed by atoms with Crippen LogP contribution in [0.2, 0.25) is 0 Å². The van der Waals surface area contributed by atoms with Crippen molar-refractivity contribution in [3.63, 3.8) is 0 Å². The van der Waals surface area contributed by atoms with Gasteiger partial charge in [-0.3, -0.25) is 9.59 Å². The molecular weight excluding hydrogens is 256 g/mol. The van der Waals surface area contributed by atoms with E-state index in [0.29, 0.717) is 5.92 Å². The molecule has 20 heavy (non-hydrogen) atoms. The summed E-state index contributed by atoms with van der Waals surface area (Å²) in [6, 6.07) is -0.0160. The first-order valence-electron chi connectivity index (χ1n) is 7.59. The number of hydrogen-bond acceptors (Lipinski definition) is 3. The molecule has 0 saturated carbocycles. The Bertz CT molecular complexity index is 344. The molecule has 0 spiro atoms. The van der Waals surface area contributed by atoms with E-state index in [1.807, 2.05) is 13.8 Å². The van der Waals surface area contributed by atoms with Crippen molar-refractivity contribution in [3.8, 4) is 0 Å². The molecule has 116 valence electrons. The number of likely N-dealkylation sites (tertiary alicyclic amines) is 1. The van der Waals surface area contributed by atoms with E-state index in [-0.39, 0.29) is 24.4 Å². The van der Waals surface area contributed by atoms with Crippen LogP contribution in [0.15, 0.2) is 0 Å². The first-order chi connectivity index (χ1) is 9.35. The molecule has 1 heterocycles. The highest BCUT2D eigenvalue weighted by Gasteiger charge is 2.33. The zero-order chi connectivity index (χ0) is 15.3. The number of carboxylic acids is 1. The van der Waals surface area contributed by atoms with Crippen LogP contribution >= 0.6 is 0 Å². The molecule has 1 amide bonds. The van der Waals surface area contributed by atoms with Crippen LogP contribution in [0, 0.1) is 11.8 Å². The molecule has 1 aliphatic rings. The lowest BCUT2D eigenvalue weighted by atomic mass is 10.1. The molecule has 0 unspecified atom stereocenters. The number of aliphatic carboxylic acids is 1. The second-order valence-corrected chi connectivity index (χ2v) is 6.26. The van der Waals surface area contributed by atoms with Crippen molar-refractivity contribution in [2.45, 2.75) is 46.6 Å². The van der Waals surface area contributed by atoms with Crippen molar-refractivity contribution in [1.29, 1.82) is 0 Å². The van der Waals surface area contributed by atoms with Gasteiger partial charge in [0.2, 0.25) is 5.91 Å². The number of amides is 1. The van der Waals surface area contributed by atoms with Gasteiger partial charge in [0.25, 0.3) is 0 Å². The van der Waals surface area contributed by atoms with Crippen LogP contribution < -0.4 is 0 Å². The summed E-state index contributed by atoms with van der Waals surface area (Å²) >= 11 is 0. The predicted octanol–water partition coefficient (Wildman–Crippen LogP) is 1.68. The minimum absolute atomic E-state index is 0.00741. The predicted molar refractivity (Wildman–Crippen MR) is 78.5 cm³/mol. The van der Waals surface area contributed by atoms with Gasteiger partial charge in [-0.15, -0.1) is 0 Å².